The summed E-state index contributed by atoms with van der Waals surface area (Å²) in [4.78, 5) is 0.305. The van der Waals surface area contributed by atoms with Gasteiger partial charge in [-0.1, -0.05) is 12.1 Å². The molecule has 0 bridgehead atoms. The van der Waals surface area contributed by atoms with E-state index < -0.39 is 10.0 Å². The Bertz CT molecular complexity index is 577. The van der Waals surface area contributed by atoms with Crippen LogP contribution in [0.1, 0.15) is 24.0 Å². The van der Waals surface area contributed by atoms with Gasteiger partial charge in [-0.25, -0.2) is 8.42 Å². The molecule has 0 atom stereocenters. The molecule has 1 N–H and O–H groups in total. The van der Waals surface area contributed by atoms with Crippen LogP contribution in [-0.4, -0.2) is 44.6 Å². The summed E-state index contributed by atoms with van der Waals surface area (Å²) in [5.74, 6) is 0.436. The van der Waals surface area contributed by atoms with Crippen LogP contribution in [0.5, 0.6) is 0 Å². The molecule has 0 amide bonds. The number of ether oxygens (including phenoxy) is 1. The average Bonchev–Trinajstić information content (AvgIpc) is 2.48. The first-order valence-corrected chi connectivity index (χ1v) is 8.62. The molecule has 0 unspecified atom stereocenters. The van der Waals surface area contributed by atoms with E-state index in [1.54, 1.807) is 36.5 Å². The molecular formula is C15H23NO4S. The molecule has 0 spiro atoms. The van der Waals surface area contributed by atoms with Gasteiger partial charge in [0.25, 0.3) is 0 Å². The number of rotatable bonds is 5. The summed E-state index contributed by atoms with van der Waals surface area (Å²) in [6.07, 6.45) is 1.65. The Morgan fingerprint density at radius 3 is 2.57 bits per heavy atom. The van der Waals surface area contributed by atoms with Gasteiger partial charge in [0.2, 0.25) is 10.0 Å². The van der Waals surface area contributed by atoms with Crippen molar-refractivity contribution in [2.75, 3.05) is 26.8 Å². The minimum absolute atomic E-state index is 0.154. The summed E-state index contributed by atoms with van der Waals surface area (Å²) in [5.41, 5.74) is 1.33. The Balaban J connectivity index is 2.19. The van der Waals surface area contributed by atoms with Crippen LogP contribution >= 0.6 is 0 Å². The molecule has 0 aromatic heterocycles. The molecule has 21 heavy (non-hydrogen) atoms. The number of nitrogens with zero attached hydrogens (tertiary/aromatic N) is 1. The van der Waals surface area contributed by atoms with Crippen molar-refractivity contribution in [3.8, 4) is 0 Å². The standard InChI is InChI=1S/C15H23NO4S/c1-12-3-4-14(10-17)9-15(12)21(18,19)16-7-5-13(6-8-16)11-20-2/h3-4,9,13,17H,5-8,10-11H2,1-2H3. The predicted molar refractivity (Wildman–Crippen MR) is 80.5 cm³/mol. The minimum atomic E-state index is -3.48. The van der Waals surface area contributed by atoms with Gasteiger partial charge in [0.05, 0.1) is 11.5 Å². The van der Waals surface area contributed by atoms with Gasteiger partial charge in [-0.3, -0.25) is 0 Å². The number of methoxy groups -OCH3 is 1. The van der Waals surface area contributed by atoms with Gasteiger partial charge >= 0.3 is 0 Å². The Morgan fingerprint density at radius 2 is 2.00 bits per heavy atom. The smallest absolute Gasteiger partial charge is 0.243 e. The predicted octanol–water partition coefficient (Wildman–Crippen LogP) is 1.53. The van der Waals surface area contributed by atoms with Crippen LogP contribution in [0.4, 0.5) is 0 Å². The highest BCUT2D eigenvalue weighted by molar-refractivity contribution is 7.89. The zero-order valence-corrected chi connectivity index (χ0v) is 13.4. The first kappa shape index (κ1) is 16.4. The number of sulfonamides is 1. The van der Waals surface area contributed by atoms with E-state index in [1.165, 1.54) is 0 Å². The monoisotopic (exact) mass is 313 g/mol. The second kappa shape index (κ2) is 6.87. The molecule has 0 saturated carbocycles. The SMILES string of the molecule is COCC1CCN(S(=O)(=O)c2cc(CO)ccc2C)CC1. The summed E-state index contributed by atoms with van der Waals surface area (Å²) in [5, 5.41) is 9.20. The Kier molecular flexibility index (Phi) is 5.37. The van der Waals surface area contributed by atoms with Gasteiger partial charge in [0, 0.05) is 26.8 Å². The Hall–Kier alpha value is -0.950. The van der Waals surface area contributed by atoms with Crippen molar-refractivity contribution in [1.82, 2.24) is 4.31 Å². The number of aliphatic hydroxyl groups excluding tert-OH is 1. The summed E-state index contributed by atoms with van der Waals surface area (Å²) in [6, 6.07) is 5.07. The lowest BCUT2D eigenvalue weighted by molar-refractivity contribution is 0.121. The third-order valence-electron chi connectivity index (χ3n) is 4.03. The Morgan fingerprint density at radius 1 is 1.33 bits per heavy atom. The largest absolute Gasteiger partial charge is 0.392 e. The molecule has 1 aliphatic rings. The van der Waals surface area contributed by atoms with Gasteiger partial charge in [-0.15, -0.1) is 0 Å². The van der Waals surface area contributed by atoms with Crippen molar-refractivity contribution >= 4 is 10.0 Å². The average molecular weight is 313 g/mol. The van der Waals surface area contributed by atoms with Crippen LogP contribution in [0, 0.1) is 12.8 Å². The van der Waals surface area contributed by atoms with Crippen molar-refractivity contribution < 1.29 is 18.3 Å². The number of benzene rings is 1. The van der Waals surface area contributed by atoms with E-state index in [9.17, 15) is 13.5 Å². The first-order valence-electron chi connectivity index (χ1n) is 7.18. The molecule has 2 rings (SSSR count). The maximum Gasteiger partial charge on any atom is 0.243 e. The fourth-order valence-electron chi connectivity index (χ4n) is 2.71. The second-order valence-corrected chi connectivity index (χ2v) is 7.47. The molecule has 118 valence electrons. The lowest BCUT2D eigenvalue weighted by Gasteiger charge is -2.31. The highest BCUT2D eigenvalue weighted by Gasteiger charge is 2.30. The van der Waals surface area contributed by atoms with E-state index in [4.69, 9.17) is 4.74 Å². The van der Waals surface area contributed by atoms with Crippen LogP contribution in [0.2, 0.25) is 0 Å². The van der Waals surface area contributed by atoms with E-state index in [0.29, 0.717) is 41.6 Å². The van der Waals surface area contributed by atoms with Gasteiger partial charge < -0.3 is 9.84 Å². The number of aliphatic hydroxyl groups is 1. The third-order valence-corrected chi connectivity index (χ3v) is 6.07. The molecule has 1 aromatic carbocycles. The number of aryl methyl sites for hydroxylation is 1. The van der Waals surface area contributed by atoms with Crippen molar-refractivity contribution in [2.24, 2.45) is 5.92 Å². The fraction of sp³-hybridized carbons (Fsp3) is 0.600. The maximum atomic E-state index is 12.8. The molecule has 1 saturated heterocycles. The van der Waals surface area contributed by atoms with Crippen molar-refractivity contribution in [2.45, 2.75) is 31.3 Å². The van der Waals surface area contributed by atoms with Crippen LogP contribution in [-0.2, 0) is 21.4 Å². The fourth-order valence-corrected chi connectivity index (χ4v) is 4.46. The summed E-state index contributed by atoms with van der Waals surface area (Å²) in [6.45, 7) is 3.37. The number of hydrogen-bond donors (Lipinski definition) is 1. The highest BCUT2D eigenvalue weighted by atomic mass is 32.2. The van der Waals surface area contributed by atoms with E-state index in [0.717, 1.165) is 12.8 Å². The minimum Gasteiger partial charge on any atom is -0.392 e. The molecule has 1 fully saturated rings. The van der Waals surface area contributed by atoms with Crippen molar-refractivity contribution in [1.29, 1.82) is 0 Å². The van der Waals surface area contributed by atoms with E-state index in [1.807, 2.05) is 0 Å². The summed E-state index contributed by atoms with van der Waals surface area (Å²) < 4.78 is 32.2. The molecule has 1 heterocycles. The molecule has 1 aliphatic heterocycles. The zero-order valence-electron chi connectivity index (χ0n) is 12.6. The third kappa shape index (κ3) is 3.63. The van der Waals surface area contributed by atoms with Crippen LogP contribution < -0.4 is 0 Å². The molecule has 0 aliphatic carbocycles. The van der Waals surface area contributed by atoms with Crippen LogP contribution in [0.3, 0.4) is 0 Å². The molecule has 6 heteroatoms. The van der Waals surface area contributed by atoms with E-state index >= 15 is 0 Å². The molecule has 5 nitrogen and oxygen atoms in total. The summed E-state index contributed by atoms with van der Waals surface area (Å²) in [7, 11) is -1.81. The quantitative estimate of drug-likeness (QED) is 0.895. The maximum absolute atomic E-state index is 12.8. The number of hydrogen-bond acceptors (Lipinski definition) is 4. The van der Waals surface area contributed by atoms with Gasteiger partial charge in [-0.2, -0.15) is 4.31 Å². The van der Waals surface area contributed by atoms with Crippen LogP contribution in [0.25, 0.3) is 0 Å². The normalized spacial score (nSPS) is 18.0. The van der Waals surface area contributed by atoms with E-state index in [2.05, 4.69) is 0 Å². The Labute approximate surface area is 126 Å². The highest BCUT2D eigenvalue weighted by Crippen LogP contribution is 2.26. The van der Waals surface area contributed by atoms with Crippen LogP contribution in [0.15, 0.2) is 23.1 Å². The van der Waals surface area contributed by atoms with E-state index in [-0.39, 0.29) is 6.61 Å². The topological polar surface area (TPSA) is 66.8 Å². The second-order valence-electron chi connectivity index (χ2n) is 5.56. The van der Waals surface area contributed by atoms with Gasteiger partial charge in [0.15, 0.2) is 0 Å². The summed E-state index contributed by atoms with van der Waals surface area (Å²) >= 11 is 0. The van der Waals surface area contributed by atoms with Crippen molar-refractivity contribution in [3.63, 3.8) is 0 Å². The molecular weight excluding hydrogens is 290 g/mol. The zero-order chi connectivity index (χ0) is 15.5. The lowest BCUT2D eigenvalue weighted by atomic mass is 9.99. The van der Waals surface area contributed by atoms with Gasteiger partial charge in [-0.05, 0) is 42.9 Å². The number of piperidine rings is 1. The molecule has 1 aromatic rings. The molecule has 0 radical (unpaired) electrons. The van der Waals surface area contributed by atoms with Crippen molar-refractivity contribution in [3.05, 3.63) is 29.3 Å². The lowest BCUT2D eigenvalue weighted by Crippen LogP contribution is -2.39. The first-order chi connectivity index (χ1) is 9.98. The van der Waals surface area contributed by atoms with Gasteiger partial charge in [0.1, 0.15) is 0 Å².